The van der Waals surface area contributed by atoms with Gasteiger partial charge in [-0.15, -0.1) is 0 Å². The monoisotopic (exact) mass is 485 g/mol. The van der Waals surface area contributed by atoms with Crippen molar-refractivity contribution in [3.8, 4) is 0 Å². The van der Waals surface area contributed by atoms with Crippen LogP contribution in [0.15, 0.2) is 0 Å². The minimum atomic E-state index is -1.76. The fourth-order valence-electron chi connectivity index (χ4n) is 10.9. The average molecular weight is 486 g/mol. The van der Waals surface area contributed by atoms with Crippen molar-refractivity contribution in [3.05, 3.63) is 0 Å². The molecule has 10 heteroatoms. The summed E-state index contributed by atoms with van der Waals surface area (Å²) in [6.07, 6.45) is -4.96. The van der Waals surface area contributed by atoms with Gasteiger partial charge in [-0.3, -0.25) is 0 Å². The summed E-state index contributed by atoms with van der Waals surface area (Å²) in [7, 11) is 8.24. The summed E-state index contributed by atoms with van der Waals surface area (Å²) in [5, 5.41) is 58.9. The third-order valence-electron chi connectivity index (χ3n) is 11.4. The van der Waals surface area contributed by atoms with Crippen molar-refractivity contribution >= 4 is 0 Å². The van der Waals surface area contributed by atoms with E-state index in [1.165, 1.54) is 7.11 Å². The average Bonchev–Trinajstić information content (AvgIpc) is 3.17. The Morgan fingerprint density at radius 2 is 1.65 bits per heavy atom. The Hall–Kier alpha value is -0.400. The highest BCUT2D eigenvalue weighted by molar-refractivity contribution is 5.39. The number of nitrogens with zero attached hydrogens (tertiary/aromatic N) is 1. The van der Waals surface area contributed by atoms with Crippen LogP contribution in [-0.2, 0) is 18.9 Å². The van der Waals surface area contributed by atoms with Gasteiger partial charge in [0.05, 0.1) is 31.0 Å². The summed E-state index contributed by atoms with van der Waals surface area (Å²) in [5.41, 5.74) is -4.81. The second kappa shape index (κ2) is 7.12. The molecule has 6 rings (SSSR count). The van der Waals surface area contributed by atoms with Gasteiger partial charge >= 0.3 is 0 Å². The number of aliphatic hydroxyl groups excluding tert-OH is 3. The fraction of sp³-hybridized carbons (Fsp3) is 1.00. The molecule has 5 saturated carbocycles. The molecule has 194 valence electrons. The van der Waals surface area contributed by atoms with Crippen LogP contribution in [-0.4, -0.2) is 133 Å². The Morgan fingerprint density at radius 3 is 2.24 bits per heavy atom. The van der Waals surface area contributed by atoms with Gasteiger partial charge in [0, 0.05) is 76.0 Å². The zero-order valence-electron chi connectivity index (χ0n) is 20.5. The maximum Gasteiger partial charge on any atom is 0.120 e. The highest BCUT2D eigenvalue weighted by Crippen LogP contribution is 2.79. The van der Waals surface area contributed by atoms with E-state index in [2.05, 4.69) is 4.90 Å². The molecule has 0 amide bonds. The third-order valence-corrected chi connectivity index (χ3v) is 11.4. The SMILES string of the molecule is COC[C@]12CN(C)[C@H]3[C@@H]4[C@H](OC)[C@H]1[C@@]3([C@@H](OC)C[C@H]2O)[C@@H]1C[C@@]2(O)[C@H](O)[C@@H]1[C@]4(O)[C@@H](O)[C@@H]2OC. The number of hydrogen-bond acceptors (Lipinski definition) is 10. The van der Waals surface area contributed by atoms with E-state index in [-0.39, 0.29) is 18.4 Å². The highest BCUT2D eigenvalue weighted by Gasteiger charge is 2.90. The summed E-state index contributed by atoms with van der Waals surface area (Å²) < 4.78 is 23.6. The normalized spacial score (nSPS) is 63.9. The molecule has 1 spiro atoms. The predicted molar refractivity (Wildman–Crippen MR) is 117 cm³/mol. The molecule has 1 heterocycles. The Kier molecular flexibility index (Phi) is 5.02. The lowest BCUT2D eigenvalue weighted by Crippen LogP contribution is -2.80. The molecule has 15 atom stereocenters. The molecule has 0 aromatic rings. The van der Waals surface area contributed by atoms with E-state index in [9.17, 15) is 25.5 Å². The first-order valence-electron chi connectivity index (χ1n) is 12.3. The smallest absolute Gasteiger partial charge is 0.120 e. The zero-order chi connectivity index (χ0) is 24.6. The summed E-state index contributed by atoms with van der Waals surface area (Å²) in [5.74, 6) is -2.05. The van der Waals surface area contributed by atoms with Crippen molar-refractivity contribution < 1.29 is 44.5 Å². The van der Waals surface area contributed by atoms with Crippen LogP contribution in [0.2, 0.25) is 0 Å². The van der Waals surface area contributed by atoms with Crippen LogP contribution < -0.4 is 0 Å². The minimum Gasteiger partial charge on any atom is -0.392 e. The number of piperidine rings is 1. The Morgan fingerprint density at radius 1 is 0.941 bits per heavy atom. The zero-order valence-corrected chi connectivity index (χ0v) is 20.5. The quantitative estimate of drug-likeness (QED) is 0.292. The summed E-state index contributed by atoms with van der Waals surface area (Å²) in [6, 6.07) is -0.254. The molecule has 5 aliphatic carbocycles. The number of likely N-dealkylation sites (tertiary alicyclic amines) is 1. The lowest BCUT2D eigenvalue weighted by atomic mass is 9.42. The molecule has 0 aromatic carbocycles. The first kappa shape index (κ1) is 24.0. The van der Waals surface area contributed by atoms with Gasteiger partial charge in [0.15, 0.2) is 0 Å². The number of methoxy groups -OCH3 is 4. The van der Waals surface area contributed by atoms with Gasteiger partial charge in [-0.25, -0.2) is 0 Å². The van der Waals surface area contributed by atoms with E-state index in [0.29, 0.717) is 19.6 Å². The summed E-state index contributed by atoms with van der Waals surface area (Å²) >= 11 is 0. The summed E-state index contributed by atoms with van der Waals surface area (Å²) in [6.45, 7) is 0.836. The van der Waals surface area contributed by atoms with E-state index in [0.717, 1.165) is 0 Å². The van der Waals surface area contributed by atoms with E-state index in [1.54, 1.807) is 21.3 Å². The lowest BCUT2D eigenvalue weighted by Gasteiger charge is -2.69. The Bertz CT molecular complexity index is 862. The van der Waals surface area contributed by atoms with Gasteiger partial charge in [-0.05, 0) is 19.4 Å². The van der Waals surface area contributed by atoms with Crippen molar-refractivity contribution in [1.29, 1.82) is 0 Å². The predicted octanol–water partition coefficient (Wildman–Crippen LogP) is -2.18. The molecule has 0 radical (unpaired) electrons. The van der Waals surface area contributed by atoms with E-state index >= 15 is 0 Å². The standard InChI is InChI=1S/C24H39NO9/c1-25-8-21(9-31-2)11(26)6-12(32-3)23-10-7-22(29)18(27)13(10)24(30,19(28)20(22)34-5)14(17(23)25)15(33-4)16(21)23/h10-20,26-30H,6-9H2,1-5H3/t10-,11-,12+,13-,14+,15+,16-,17+,18-,19+,20+,21+,22-,23+,24-/m1/s1. The molecule has 1 saturated heterocycles. The maximum absolute atomic E-state index is 12.5. The molecule has 0 unspecified atom stereocenters. The maximum atomic E-state index is 12.5. The van der Waals surface area contributed by atoms with Gasteiger partial charge < -0.3 is 49.4 Å². The number of hydrogen-bond donors (Lipinski definition) is 5. The van der Waals surface area contributed by atoms with Gasteiger partial charge in [-0.2, -0.15) is 0 Å². The van der Waals surface area contributed by atoms with Crippen molar-refractivity contribution in [3.63, 3.8) is 0 Å². The van der Waals surface area contributed by atoms with Gasteiger partial charge in [0.2, 0.25) is 0 Å². The number of rotatable bonds is 5. The van der Waals surface area contributed by atoms with Gasteiger partial charge in [-0.1, -0.05) is 0 Å². The lowest BCUT2D eigenvalue weighted by molar-refractivity contribution is -0.319. The fourth-order valence-corrected chi connectivity index (χ4v) is 10.9. The van der Waals surface area contributed by atoms with Crippen LogP contribution >= 0.6 is 0 Å². The summed E-state index contributed by atoms with van der Waals surface area (Å²) in [4.78, 5) is 2.17. The van der Waals surface area contributed by atoms with Gasteiger partial charge in [0.25, 0.3) is 0 Å². The first-order valence-corrected chi connectivity index (χ1v) is 12.3. The van der Waals surface area contributed by atoms with Gasteiger partial charge in [0.1, 0.15) is 23.4 Å². The molecular formula is C24H39NO9. The molecule has 0 aromatic heterocycles. The number of ether oxygens (including phenoxy) is 4. The van der Waals surface area contributed by atoms with Crippen LogP contribution in [0.3, 0.4) is 0 Å². The number of fused-ring (bicyclic) bond motifs is 2. The van der Waals surface area contributed by atoms with Crippen LogP contribution in [0.25, 0.3) is 0 Å². The van der Waals surface area contributed by atoms with Crippen molar-refractivity contribution in [2.24, 2.45) is 34.5 Å². The highest BCUT2D eigenvalue weighted by atomic mass is 16.5. The van der Waals surface area contributed by atoms with E-state index < -0.39 is 76.4 Å². The second-order valence-electron chi connectivity index (χ2n) is 12.0. The largest absolute Gasteiger partial charge is 0.392 e. The third kappa shape index (κ3) is 2.14. The van der Waals surface area contributed by atoms with Crippen molar-refractivity contribution in [2.45, 2.75) is 66.7 Å². The van der Waals surface area contributed by atoms with Crippen LogP contribution in [0.4, 0.5) is 0 Å². The Balaban J connectivity index is 1.67. The molecule has 1 aliphatic heterocycles. The van der Waals surface area contributed by atoms with Crippen molar-refractivity contribution in [1.82, 2.24) is 4.90 Å². The van der Waals surface area contributed by atoms with E-state index in [1.807, 2.05) is 7.05 Å². The topological polar surface area (TPSA) is 141 Å². The van der Waals surface area contributed by atoms with Crippen LogP contribution in [0.1, 0.15) is 12.8 Å². The van der Waals surface area contributed by atoms with Crippen molar-refractivity contribution in [2.75, 3.05) is 48.6 Å². The first-order chi connectivity index (χ1) is 16.1. The molecule has 34 heavy (non-hydrogen) atoms. The molecule has 6 fully saturated rings. The molecule has 7 bridgehead atoms. The molecule has 6 aliphatic rings. The molecular weight excluding hydrogens is 446 g/mol. The van der Waals surface area contributed by atoms with Crippen LogP contribution in [0, 0.1) is 34.5 Å². The molecule has 10 nitrogen and oxygen atoms in total. The van der Waals surface area contributed by atoms with Crippen LogP contribution in [0.5, 0.6) is 0 Å². The minimum absolute atomic E-state index is 0.153. The Labute approximate surface area is 199 Å². The second-order valence-corrected chi connectivity index (χ2v) is 12.0. The van der Waals surface area contributed by atoms with E-state index in [4.69, 9.17) is 18.9 Å². The molecule has 5 N–H and O–H groups in total. The number of aliphatic hydroxyl groups is 5.